The predicted molar refractivity (Wildman–Crippen MR) is 134 cm³/mol. The number of nitrogens with zero attached hydrogens (tertiary/aromatic N) is 2. The zero-order valence-corrected chi connectivity index (χ0v) is 20.2. The quantitative estimate of drug-likeness (QED) is 0.365. The van der Waals surface area contributed by atoms with E-state index < -0.39 is 29.5 Å². The highest BCUT2D eigenvalue weighted by molar-refractivity contribution is 7.17. The second kappa shape index (κ2) is 10.3. The van der Waals surface area contributed by atoms with Gasteiger partial charge in [0.05, 0.1) is 11.2 Å². The van der Waals surface area contributed by atoms with Gasteiger partial charge in [-0.05, 0) is 41.3 Å². The van der Waals surface area contributed by atoms with Gasteiger partial charge in [0.2, 0.25) is 18.6 Å². The number of hydrogen-bond donors (Lipinski definition) is 2. The number of aromatic nitrogens is 2. The van der Waals surface area contributed by atoms with Crippen LogP contribution in [0.1, 0.15) is 12.0 Å². The molecule has 12 heteroatoms. The molecule has 0 bridgehead atoms. The van der Waals surface area contributed by atoms with Crippen LogP contribution in [-0.2, 0) is 29.2 Å². The third kappa shape index (κ3) is 5.09. The molecule has 1 aliphatic rings. The van der Waals surface area contributed by atoms with Gasteiger partial charge in [0.25, 0.3) is 5.56 Å². The summed E-state index contributed by atoms with van der Waals surface area (Å²) >= 11 is 1.13. The molecule has 10 nitrogen and oxygen atoms in total. The molecule has 1 aliphatic heterocycles. The number of fused-ring (bicyclic) bond motifs is 2. The second-order valence-corrected chi connectivity index (χ2v) is 9.12. The van der Waals surface area contributed by atoms with Crippen molar-refractivity contribution < 1.29 is 23.5 Å². The van der Waals surface area contributed by atoms with E-state index in [0.717, 1.165) is 26.0 Å². The van der Waals surface area contributed by atoms with Gasteiger partial charge >= 0.3 is 5.69 Å². The average molecular weight is 525 g/mol. The third-order valence-electron chi connectivity index (χ3n) is 5.78. The fourth-order valence-corrected chi connectivity index (χ4v) is 4.78. The van der Waals surface area contributed by atoms with Crippen molar-refractivity contribution in [3.05, 3.63) is 86.1 Å². The molecule has 2 N–H and O–H groups in total. The number of carbonyl (C=O) groups excluding carboxylic acids is 2. The number of amides is 2. The highest BCUT2D eigenvalue weighted by Crippen LogP contribution is 2.32. The fraction of sp³-hybridized carbons (Fsp3) is 0.200. The molecule has 0 radical (unpaired) electrons. The molecule has 0 unspecified atom stereocenters. The van der Waals surface area contributed by atoms with E-state index >= 15 is 0 Å². The van der Waals surface area contributed by atoms with Crippen LogP contribution in [0.15, 0.2) is 63.5 Å². The van der Waals surface area contributed by atoms with Crippen LogP contribution in [0, 0.1) is 5.82 Å². The topological polar surface area (TPSA) is 121 Å². The number of benzene rings is 2. The largest absolute Gasteiger partial charge is 0.454 e. The summed E-state index contributed by atoms with van der Waals surface area (Å²) in [5, 5.41) is 6.83. The van der Waals surface area contributed by atoms with E-state index in [1.807, 2.05) is 0 Å². The Balaban J connectivity index is 1.29. The SMILES string of the molecule is O=C(CCn1c(=O)c2sccc2n(CC(=O)Nc2ccccc2F)c1=O)NCc1ccc2c(c1)OCO2. The lowest BCUT2D eigenvalue weighted by atomic mass is 10.2. The molecule has 0 atom stereocenters. The predicted octanol–water partition coefficient (Wildman–Crippen LogP) is 2.44. The van der Waals surface area contributed by atoms with E-state index in [1.54, 1.807) is 35.7 Å². The van der Waals surface area contributed by atoms with Crippen LogP contribution < -0.4 is 31.4 Å². The zero-order chi connectivity index (χ0) is 25.9. The van der Waals surface area contributed by atoms with Crippen LogP contribution in [0.4, 0.5) is 10.1 Å². The maximum atomic E-state index is 13.9. The van der Waals surface area contributed by atoms with Crippen molar-refractivity contribution in [2.45, 2.75) is 26.1 Å². The fourth-order valence-electron chi connectivity index (χ4n) is 3.93. The Kier molecular flexibility index (Phi) is 6.73. The Morgan fingerprint density at radius 3 is 2.65 bits per heavy atom. The Bertz CT molecular complexity index is 1630. The molecule has 2 aromatic carbocycles. The normalized spacial score (nSPS) is 12.0. The van der Waals surface area contributed by atoms with Gasteiger partial charge < -0.3 is 20.1 Å². The van der Waals surface area contributed by atoms with Gasteiger partial charge in [-0.2, -0.15) is 0 Å². The second-order valence-electron chi connectivity index (χ2n) is 8.20. The number of para-hydroxylation sites is 1. The summed E-state index contributed by atoms with van der Waals surface area (Å²) in [5.74, 6) is -0.370. The van der Waals surface area contributed by atoms with Crippen LogP contribution in [0.2, 0.25) is 0 Å². The number of ether oxygens (including phenoxy) is 2. The van der Waals surface area contributed by atoms with Gasteiger partial charge in [-0.25, -0.2) is 9.18 Å². The molecule has 0 saturated heterocycles. The number of halogens is 1. The first-order valence-electron chi connectivity index (χ1n) is 11.3. The molecule has 190 valence electrons. The lowest BCUT2D eigenvalue weighted by molar-refractivity contribution is -0.121. The first kappa shape index (κ1) is 24.3. The molecular weight excluding hydrogens is 503 g/mol. The Morgan fingerprint density at radius 2 is 1.81 bits per heavy atom. The van der Waals surface area contributed by atoms with Crippen molar-refractivity contribution in [2.75, 3.05) is 12.1 Å². The molecule has 0 spiro atoms. The third-order valence-corrected chi connectivity index (χ3v) is 6.67. The van der Waals surface area contributed by atoms with Gasteiger partial charge in [0.1, 0.15) is 17.1 Å². The molecule has 0 fully saturated rings. The summed E-state index contributed by atoms with van der Waals surface area (Å²) < 4.78 is 26.9. The summed E-state index contributed by atoms with van der Waals surface area (Å²) in [7, 11) is 0. The maximum absolute atomic E-state index is 13.9. The first-order valence-corrected chi connectivity index (χ1v) is 12.2. The monoisotopic (exact) mass is 524 g/mol. The molecule has 5 rings (SSSR count). The molecule has 0 saturated carbocycles. The summed E-state index contributed by atoms with van der Waals surface area (Å²) in [5.41, 5.74) is -0.188. The minimum absolute atomic E-state index is 0.0189. The number of carbonyl (C=O) groups is 2. The van der Waals surface area contributed by atoms with Gasteiger partial charge in [0, 0.05) is 19.5 Å². The highest BCUT2D eigenvalue weighted by Gasteiger charge is 2.18. The molecule has 37 heavy (non-hydrogen) atoms. The number of nitrogens with one attached hydrogen (secondary N) is 2. The zero-order valence-electron chi connectivity index (χ0n) is 19.4. The Labute approximate surface area is 212 Å². The molecular formula is C25H21FN4O6S. The molecule has 3 heterocycles. The Hall–Kier alpha value is -4.45. The standard InChI is InChI=1S/C25H21FN4O6S/c26-16-3-1-2-4-17(16)28-22(32)13-30-18-8-10-37-23(18)24(33)29(25(30)34)9-7-21(31)27-12-15-5-6-19-20(11-15)36-14-35-19/h1-6,8,10-11H,7,9,12-14H2,(H,27,31)(H,28,32). The van der Waals surface area contributed by atoms with E-state index in [4.69, 9.17) is 9.47 Å². The van der Waals surface area contributed by atoms with Crippen molar-refractivity contribution in [1.82, 2.24) is 14.5 Å². The van der Waals surface area contributed by atoms with Crippen LogP contribution in [0.25, 0.3) is 10.2 Å². The van der Waals surface area contributed by atoms with Crippen molar-refractivity contribution in [3.63, 3.8) is 0 Å². The van der Waals surface area contributed by atoms with Crippen molar-refractivity contribution in [3.8, 4) is 11.5 Å². The number of thiophene rings is 1. The summed E-state index contributed by atoms with van der Waals surface area (Å²) in [6.45, 7) is -0.226. The van der Waals surface area contributed by atoms with E-state index in [1.165, 1.54) is 18.2 Å². The van der Waals surface area contributed by atoms with Gasteiger partial charge in [-0.3, -0.25) is 23.5 Å². The van der Waals surface area contributed by atoms with Crippen molar-refractivity contribution in [1.29, 1.82) is 0 Å². The average Bonchev–Trinajstić information content (AvgIpc) is 3.56. The number of rotatable bonds is 8. The van der Waals surface area contributed by atoms with Crippen LogP contribution in [0.3, 0.4) is 0 Å². The Morgan fingerprint density at radius 1 is 1.00 bits per heavy atom. The highest BCUT2D eigenvalue weighted by atomic mass is 32.1. The summed E-state index contributed by atoms with van der Waals surface area (Å²) in [4.78, 5) is 51.2. The molecule has 4 aromatic rings. The molecule has 2 amide bonds. The minimum atomic E-state index is -0.733. The van der Waals surface area contributed by atoms with Gasteiger partial charge in [-0.1, -0.05) is 18.2 Å². The van der Waals surface area contributed by atoms with E-state index in [-0.39, 0.29) is 42.6 Å². The lowest BCUT2D eigenvalue weighted by Crippen LogP contribution is -2.42. The van der Waals surface area contributed by atoms with Crippen molar-refractivity contribution in [2.24, 2.45) is 0 Å². The maximum Gasteiger partial charge on any atom is 0.332 e. The van der Waals surface area contributed by atoms with E-state index in [2.05, 4.69) is 10.6 Å². The first-order chi connectivity index (χ1) is 17.9. The molecule has 2 aromatic heterocycles. The summed E-state index contributed by atoms with van der Waals surface area (Å²) in [6.07, 6.45) is -0.127. The van der Waals surface area contributed by atoms with Crippen molar-refractivity contribution >= 4 is 39.1 Å². The van der Waals surface area contributed by atoms with Gasteiger partial charge in [0.15, 0.2) is 11.5 Å². The summed E-state index contributed by atoms with van der Waals surface area (Å²) in [6, 6.07) is 12.6. The van der Waals surface area contributed by atoms with Gasteiger partial charge in [-0.15, -0.1) is 11.3 Å². The number of hydrogen-bond acceptors (Lipinski definition) is 7. The van der Waals surface area contributed by atoms with E-state index in [0.29, 0.717) is 17.0 Å². The van der Waals surface area contributed by atoms with Crippen LogP contribution >= 0.6 is 11.3 Å². The van der Waals surface area contributed by atoms with Crippen LogP contribution in [-0.4, -0.2) is 27.7 Å². The van der Waals surface area contributed by atoms with E-state index in [9.17, 15) is 23.6 Å². The minimum Gasteiger partial charge on any atom is -0.454 e. The molecule has 0 aliphatic carbocycles. The number of anilines is 1. The van der Waals surface area contributed by atoms with Crippen LogP contribution in [0.5, 0.6) is 11.5 Å². The smallest absolute Gasteiger partial charge is 0.332 e. The lowest BCUT2D eigenvalue weighted by Gasteiger charge is -2.13.